The molecule has 3 aliphatic heterocycles. The number of carbonyl (C=O) groups is 1. The molecule has 0 aromatic carbocycles. The number of ether oxygens (including phenoxy) is 2. The fourth-order valence-corrected chi connectivity index (χ4v) is 3.04. The number of nitrogens with zero attached hydrogens (tertiary/aromatic N) is 2. The van der Waals surface area contributed by atoms with Gasteiger partial charge in [0, 0.05) is 12.8 Å². The van der Waals surface area contributed by atoms with Crippen LogP contribution < -0.4 is 0 Å². The molecular formula is C11H14N2O3. The zero-order chi connectivity index (χ0) is 11.3. The van der Waals surface area contributed by atoms with Crippen LogP contribution in [-0.4, -0.2) is 47.9 Å². The van der Waals surface area contributed by atoms with Crippen LogP contribution in [0.3, 0.4) is 0 Å². The first kappa shape index (κ1) is 9.91. The minimum atomic E-state index is -0.239. The Hall–Kier alpha value is -1.28. The van der Waals surface area contributed by atoms with E-state index in [1.807, 2.05) is 11.8 Å². The van der Waals surface area contributed by atoms with E-state index in [0.717, 1.165) is 12.8 Å². The van der Waals surface area contributed by atoms with Crippen molar-refractivity contribution in [2.24, 2.45) is 0 Å². The van der Waals surface area contributed by atoms with Gasteiger partial charge in [0.05, 0.1) is 18.7 Å². The van der Waals surface area contributed by atoms with Gasteiger partial charge in [-0.1, -0.05) is 0 Å². The maximum Gasteiger partial charge on any atom is 0.410 e. The standard InChI is InChI=1S/C11H14N2O3/c1-3-15-11(14)13-7-4-6(12-2)5-8(13)10-9(7)16-10/h6-10H,3-5H2,1H3. The third-order valence-electron chi connectivity index (χ3n) is 3.72. The minimum Gasteiger partial charge on any atom is -0.450 e. The maximum absolute atomic E-state index is 11.8. The molecule has 0 saturated carbocycles. The summed E-state index contributed by atoms with van der Waals surface area (Å²) in [6.07, 6.45) is 1.57. The monoisotopic (exact) mass is 222 g/mol. The third-order valence-corrected chi connectivity index (χ3v) is 3.72. The van der Waals surface area contributed by atoms with Crippen molar-refractivity contribution in [3.63, 3.8) is 0 Å². The Labute approximate surface area is 94.1 Å². The molecule has 5 heteroatoms. The number of carbonyl (C=O) groups excluding carboxylic acids is 1. The summed E-state index contributed by atoms with van der Waals surface area (Å²) in [5.74, 6) is 0. The van der Waals surface area contributed by atoms with Crippen molar-refractivity contribution in [1.29, 1.82) is 0 Å². The quantitative estimate of drug-likeness (QED) is 0.492. The van der Waals surface area contributed by atoms with Crippen LogP contribution in [0.25, 0.3) is 4.85 Å². The van der Waals surface area contributed by atoms with E-state index in [9.17, 15) is 4.79 Å². The van der Waals surface area contributed by atoms with Crippen LogP contribution in [0.15, 0.2) is 0 Å². The molecule has 3 saturated heterocycles. The molecule has 0 aromatic heterocycles. The molecule has 3 aliphatic rings. The third kappa shape index (κ3) is 1.23. The van der Waals surface area contributed by atoms with Crippen LogP contribution in [0.2, 0.25) is 0 Å². The van der Waals surface area contributed by atoms with Gasteiger partial charge in [-0.05, 0) is 6.92 Å². The van der Waals surface area contributed by atoms with Crippen molar-refractivity contribution in [1.82, 2.24) is 4.90 Å². The topological polar surface area (TPSA) is 46.4 Å². The van der Waals surface area contributed by atoms with E-state index in [2.05, 4.69) is 4.85 Å². The van der Waals surface area contributed by atoms with Crippen LogP contribution in [-0.2, 0) is 9.47 Å². The van der Waals surface area contributed by atoms with Crippen molar-refractivity contribution in [2.75, 3.05) is 6.61 Å². The van der Waals surface area contributed by atoms with Gasteiger partial charge in [-0.2, -0.15) is 0 Å². The van der Waals surface area contributed by atoms with Gasteiger partial charge in [-0.25, -0.2) is 11.4 Å². The molecule has 5 nitrogen and oxygen atoms in total. The van der Waals surface area contributed by atoms with Crippen molar-refractivity contribution in [3.05, 3.63) is 11.4 Å². The van der Waals surface area contributed by atoms with Crippen molar-refractivity contribution >= 4 is 6.09 Å². The van der Waals surface area contributed by atoms with Crippen molar-refractivity contribution < 1.29 is 14.3 Å². The molecule has 4 unspecified atom stereocenters. The van der Waals surface area contributed by atoms with Crippen molar-refractivity contribution in [3.8, 4) is 0 Å². The normalized spacial score (nSPS) is 43.5. The first-order valence-electron chi connectivity index (χ1n) is 5.73. The van der Waals surface area contributed by atoms with E-state index >= 15 is 0 Å². The van der Waals surface area contributed by atoms with Gasteiger partial charge < -0.3 is 14.3 Å². The van der Waals surface area contributed by atoms with Crippen LogP contribution in [0.4, 0.5) is 4.79 Å². The highest BCUT2D eigenvalue weighted by atomic mass is 16.6. The zero-order valence-electron chi connectivity index (χ0n) is 9.13. The molecule has 3 rings (SSSR count). The van der Waals surface area contributed by atoms with Crippen LogP contribution in [0, 0.1) is 6.57 Å². The number of rotatable bonds is 1. The highest BCUT2D eigenvalue weighted by Crippen LogP contribution is 2.49. The van der Waals surface area contributed by atoms with Gasteiger partial charge in [0.25, 0.3) is 0 Å². The average Bonchev–Trinajstić information content (AvgIpc) is 3.03. The smallest absolute Gasteiger partial charge is 0.410 e. The average molecular weight is 222 g/mol. The number of fused-ring (bicyclic) bond motifs is 5. The predicted octanol–water partition coefficient (Wildman–Crippen LogP) is 1.04. The number of hydrogen-bond donors (Lipinski definition) is 0. The molecule has 16 heavy (non-hydrogen) atoms. The maximum atomic E-state index is 11.8. The number of amides is 1. The zero-order valence-corrected chi connectivity index (χ0v) is 9.13. The molecule has 0 aromatic rings. The van der Waals surface area contributed by atoms with E-state index < -0.39 is 0 Å². The number of epoxide rings is 1. The number of hydrogen-bond acceptors (Lipinski definition) is 3. The van der Waals surface area contributed by atoms with E-state index in [0.29, 0.717) is 6.61 Å². The number of piperidine rings is 1. The van der Waals surface area contributed by atoms with Gasteiger partial charge in [0.15, 0.2) is 0 Å². The molecule has 2 bridgehead atoms. The molecule has 3 heterocycles. The van der Waals surface area contributed by atoms with Crippen LogP contribution >= 0.6 is 0 Å². The summed E-state index contributed by atoms with van der Waals surface area (Å²) in [5.41, 5.74) is 0. The highest BCUT2D eigenvalue weighted by Gasteiger charge is 2.66. The second-order valence-corrected chi connectivity index (χ2v) is 4.56. The first-order valence-corrected chi connectivity index (χ1v) is 5.73. The van der Waals surface area contributed by atoms with E-state index in [4.69, 9.17) is 16.0 Å². The van der Waals surface area contributed by atoms with Gasteiger partial charge in [0.2, 0.25) is 6.04 Å². The highest BCUT2D eigenvalue weighted by molar-refractivity contribution is 5.70. The molecular weight excluding hydrogens is 208 g/mol. The Morgan fingerprint density at radius 3 is 2.62 bits per heavy atom. The summed E-state index contributed by atoms with van der Waals surface area (Å²) in [4.78, 5) is 17.2. The second kappa shape index (κ2) is 3.36. The Kier molecular flexibility index (Phi) is 2.08. The Morgan fingerprint density at radius 2 is 2.12 bits per heavy atom. The van der Waals surface area contributed by atoms with Gasteiger partial charge >= 0.3 is 6.09 Å². The Morgan fingerprint density at radius 1 is 1.50 bits per heavy atom. The summed E-state index contributed by atoms with van der Waals surface area (Å²) < 4.78 is 10.6. The Bertz CT molecular complexity index is 347. The fourth-order valence-electron chi connectivity index (χ4n) is 3.04. The van der Waals surface area contributed by atoms with E-state index in [1.54, 1.807) is 0 Å². The van der Waals surface area contributed by atoms with Crippen LogP contribution in [0.1, 0.15) is 19.8 Å². The lowest BCUT2D eigenvalue weighted by molar-refractivity contribution is 0.0316. The fraction of sp³-hybridized carbons (Fsp3) is 0.818. The molecule has 0 aliphatic carbocycles. The molecule has 86 valence electrons. The number of morpholine rings is 1. The van der Waals surface area contributed by atoms with E-state index in [1.165, 1.54) is 0 Å². The summed E-state index contributed by atoms with van der Waals surface area (Å²) in [5, 5.41) is 0. The molecule has 1 amide bonds. The molecule has 0 radical (unpaired) electrons. The molecule has 0 spiro atoms. The summed E-state index contributed by atoms with van der Waals surface area (Å²) in [6.45, 7) is 9.30. The van der Waals surface area contributed by atoms with Gasteiger partial charge in [-0.3, -0.25) is 4.90 Å². The molecule has 3 fully saturated rings. The minimum absolute atomic E-state index is 0.0528. The molecule has 0 N–H and O–H groups in total. The van der Waals surface area contributed by atoms with Gasteiger partial charge in [0.1, 0.15) is 12.2 Å². The lowest BCUT2D eigenvalue weighted by Crippen LogP contribution is -2.51. The second-order valence-electron chi connectivity index (χ2n) is 4.56. The van der Waals surface area contributed by atoms with E-state index in [-0.39, 0.29) is 36.4 Å². The summed E-state index contributed by atoms with van der Waals surface area (Å²) >= 11 is 0. The van der Waals surface area contributed by atoms with Crippen LogP contribution in [0.5, 0.6) is 0 Å². The first-order chi connectivity index (χ1) is 7.76. The lowest BCUT2D eigenvalue weighted by Gasteiger charge is -2.36. The Balaban J connectivity index is 1.79. The largest absolute Gasteiger partial charge is 0.450 e. The van der Waals surface area contributed by atoms with Crippen molar-refractivity contribution in [2.45, 2.75) is 50.1 Å². The lowest BCUT2D eigenvalue weighted by atomic mass is 9.97. The van der Waals surface area contributed by atoms with Gasteiger partial charge in [-0.15, -0.1) is 0 Å². The SMILES string of the molecule is [C-]#[N+]C1CC2C3OC3C(C1)N2C(=O)OCC. The summed E-state index contributed by atoms with van der Waals surface area (Å²) in [6, 6.07) is 0.195. The summed E-state index contributed by atoms with van der Waals surface area (Å²) in [7, 11) is 0. The molecule has 4 atom stereocenters. The predicted molar refractivity (Wildman–Crippen MR) is 54.7 cm³/mol.